The van der Waals surface area contributed by atoms with Crippen molar-refractivity contribution < 1.29 is 13.9 Å². The first-order chi connectivity index (χ1) is 7.61. The van der Waals surface area contributed by atoms with Crippen LogP contribution in [0.25, 0.3) is 5.57 Å². The van der Waals surface area contributed by atoms with E-state index in [0.717, 1.165) is 5.56 Å². The van der Waals surface area contributed by atoms with Crippen LogP contribution >= 0.6 is 0 Å². The molecule has 0 spiro atoms. The summed E-state index contributed by atoms with van der Waals surface area (Å²) in [4.78, 5) is 10.9. The van der Waals surface area contributed by atoms with Crippen LogP contribution < -0.4 is 5.73 Å². The molecular formula is C12H12FNO2. The van der Waals surface area contributed by atoms with Gasteiger partial charge >= 0.3 is 0 Å². The van der Waals surface area contributed by atoms with Crippen molar-refractivity contribution in [2.75, 3.05) is 7.11 Å². The number of benzene rings is 1. The van der Waals surface area contributed by atoms with Crippen molar-refractivity contribution in [3.8, 4) is 0 Å². The molecule has 0 aromatic heterocycles. The molecule has 1 aromatic carbocycles. The molecule has 2 rings (SSSR count). The Morgan fingerprint density at radius 3 is 3.00 bits per heavy atom. The predicted octanol–water partition coefficient (Wildman–Crippen LogP) is 1.27. The van der Waals surface area contributed by atoms with E-state index in [1.807, 2.05) is 0 Å². The molecule has 1 aliphatic carbocycles. The molecule has 0 aliphatic heterocycles. The molecule has 0 heterocycles. The van der Waals surface area contributed by atoms with Crippen LogP contribution in [0.4, 0.5) is 4.39 Å². The Morgan fingerprint density at radius 2 is 2.38 bits per heavy atom. The van der Waals surface area contributed by atoms with Gasteiger partial charge in [-0.15, -0.1) is 0 Å². The number of carbonyl (C=O) groups is 1. The summed E-state index contributed by atoms with van der Waals surface area (Å²) in [6, 6.07) is 4.51. The van der Waals surface area contributed by atoms with Crippen molar-refractivity contribution in [3.63, 3.8) is 0 Å². The molecule has 1 unspecified atom stereocenters. The number of hydrogen-bond donors (Lipinski definition) is 1. The molecule has 84 valence electrons. The van der Waals surface area contributed by atoms with E-state index in [2.05, 4.69) is 0 Å². The molecule has 0 bridgehead atoms. The first-order valence-corrected chi connectivity index (χ1v) is 4.94. The number of ether oxygens (including phenoxy) is 1. The van der Waals surface area contributed by atoms with E-state index in [1.165, 1.54) is 18.2 Å². The highest BCUT2D eigenvalue weighted by Gasteiger charge is 2.27. The van der Waals surface area contributed by atoms with Crippen LogP contribution in [0, 0.1) is 5.82 Å². The van der Waals surface area contributed by atoms with Crippen LogP contribution in [-0.2, 0) is 16.0 Å². The number of hydrogen-bond acceptors (Lipinski definition) is 2. The topological polar surface area (TPSA) is 52.3 Å². The van der Waals surface area contributed by atoms with Gasteiger partial charge in [-0.05, 0) is 28.8 Å². The molecule has 0 fully saturated rings. The van der Waals surface area contributed by atoms with Gasteiger partial charge in [0.1, 0.15) is 5.82 Å². The molecule has 16 heavy (non-hydrogen) atoms. The highest BCUT2D eigenvalue weighted by molar-refractivity contribution is 5.96. The second-order valence-electron chi connectivity index (χ2n) is 3.73. The molecule has 0 saturated heterocycles. The Kier molecular flexibility index (Phi) is 2.75. The fraction of sp³-hybridized carbons (Fsp3) is 0.250. The zero-order valence-electron chi connectivity index (χ0n) is 8.87. The van der Waals surface area contributed by atoms with Gasteiger partial charge in [-0.3, -0.25) is 4.79 Å². The van der Waals surface area contributed by atoms with Gasteiger partial charge in [0.25, 0.3) is 0 Å². The molecule has 1 amide bonds. The largest absolute Gasteiger partial charge is 0.376 e. The Hall–Kier alpha value is -1.68. The minimum absolute atomic E-state index is 0.218. The lowest BCUT2D eigenvalue weighted by molar-refractivity contribution is -0.113. The third kappa shape index (κ3) is 1.84. The summed E-state index contributed by atoms with van der Waals surface area (Å²) in [6.07, 6.45) is 1.73. The summed E-state index contributed by atoms with van der Waals surface area (Å²) < 4.78 is 18.4. The summed E-state index contributed by atoms with van der Waals surface area (Å²) in [7, 11) is 1.56. The van der Waals surface area contributed by atoms with Crippen LogP contribution in [0.5, 0.6) is 0 Å². The van der Waals surface area contributed by atoms with Gasteiger partial charge in [0.15, 0.2) is 0 Å². The van der Waals surface area contributed by atoms with Crippen LogP contribution in [0.3, 0.4) is 0 Å². The molecule has 1 aromatic rings. The van der Waals surface area contributed by atoms with E-state index in [4.69, 9.17) is 10.5 Å². The summed E-state index contributed by atoms with van der Waals surface area (Å²) in [5.41, 5.74) is 7.46. The number of fused-ring (bicyclic) bond motifs is 1. The summed E-state index contributed by atoms with van der Waals surface area (Å²) in [5, 5.41) is 0. The standard InChI is InChI=1S/C12H12FNO2/c1-16-11-4-7-2-3-8(13)5-9(7)10(11)6-12(14)15/h2-3,5-6,11H,4H2,1H3,(H2,14,15)/b10-6-. The van der Waals surface area contributed by atoms with Gasteiger partial charge in [0.05, 0.1) is 6.10 Å². The van der Waals surface area contributed by atoms with Crippen LogP contribution in [-0.4, -0.2) is 19.1 Å². The van der Waals surface area contributed by atoms with Crippen molar-refractivity contribution in [3.05, 3.63) is 41.2 Å². The Morgan fingerprint density at radius 1 is 1.62 bits per heavy atom. The average molecular weight is 221 g/mol. The Balaban J connectivity index is 2.51. The molecule has 1 aliphatic rings. The van der Waals surface area contributed by atoms with E-state index in [1.54, 1.807) is 13.2 Å². The monoisotopic (exact) mass is 221 g/mol. The van der Waals surface area contributed by atoms with Gasteiger partial charge in [0.2, 0.25) is 5.91 Å². The van der Waals surface area contributed by atoms with E-state index in [0.29, 0.717) is 17.6 Å². The first kappa shape index (κ1) is 10.8. The zero-order chi connectivity index (χ0) is 11.7. The highest BCUT2D eigenvalue weighted by Crippen LogP contribution is 2.34. The molecule has 0 radical (unpaired) electrons. The number of carbonyl (C=O) groups excluding carboxylic acids is 1. The molecule has 3 nitrogen and oxygen atoms in total. The van der Waals surface area contributed by atoms with Gasteiger partial charge in [-0.25, -0.2) is 4.39 Å². The highest BCUT2D eigenvalue weighted by atomic mass is 19.1. The predicted molar refractivity (Wildman–Crippen MR) is 58.1 cm³/mol. The maximum atomic E-state index is 13.1. The van der Waals surface area contributed by atoms with Crippen molar-refractivity contribution in [1.29, 1.82) is 0 Å². The Labute approximate surface area is 92.7 Å². The van der Waals surface area contributed by atoms with Crippen molar-refractivity contribution in [2.45, 2.75) is 12.5 Å². The molecule has 4 heteroatoms. The van der Waals surface area contributed by atoms with Gasteiger partial charge in [-0.1, -0.05) is 6.07 Å². The van der Waals surface area contributed by atoms with Crippen LogP contribution in [0.2, 0.25) is 0 Å². The van der Waals surface area contributed by atoms with E-state index >= 15 is 0 Å². The summed E-state index contributed by atoms with van der Waals surface area (Å²) in [6.45, 7) is 0. The lowest BCUT2D eigenvalue weighted by atomic mass is 10.1. The fourth-order valence-corrected chi connectivity index (χ4v) is 2.01. The van der Waals surface area contributed by atoms with Gasteiger partial charge < -0.3 is 10.5 Å². The van der Waals surface area contributed by atoms with Gasteiger partial charge in [0, 0.05) is 19.6 Å². The minimum atomic E-state index is -0.547. The van der Waals surface area contributed by atoms with Crippen molar-refractivity contribution >= 4 is 11.5 Å². The molecule has 2 N–H and O–H groups in total. The number of halogens is 1. The van der Waals surface area contributed by atoms with Crippen molar-refractivity contribution in [2.24, 2.45) is 5.73 Å². The number of rotatable bonds is 2. The SMILES string of the molecule is COC1Cc2ccc(F)cc2/C1=C/C(N)=O. The second-order valence-corrected chi connectivity index (χ2v) is 3.73. The summed E-state index contributed by atoms with van der Waals surface area (Å²) >= 11 is 0. The number of primary amides is 1. The van der Waals surface area contributed by atoms with Crippen molar-refractivity contribution in [1.82, 2.24) is 0 Å². The molecule has 1 atom stereocenters. The van der Waals surface area contributed by atoms with Gasteiger partial charge in [-0.2, -0.15) is 0 Å². The smallest absolute Gasteiger partial charge is 0.241 e. The summed E-state index contributed by atoms with van der Waals surface area (Å²) in [5.74, 6) is -0.875. The maximum Gasteiger partial charge on any atom is 0.241 e. The second kappa shape index (κ2) is 4.06. The fourth-order valence-electron chi connectivity index (χ4n) is 2.01. The lowest BCUT2D eigenvalue weighted by Crippen LogP contribution is -2.13. The molecule has 0 saturated carbocycles. The van der Waals surface area contributed by atoms with Crippen LogP contribution in [0.15, 0.2) is 24.3 Å². The van der Waals surface area contributed by atoms with E-state index < -0.39 is 5.91 Å². The number of nitrogens with two attached hydrogens (primary N) is 1. The zero-order valence-corrected chi connectivity index (χ0v) is 8.87. The minimum Gasteiger partial charge on any atom is -0.376 e. The normalized spacial score (nSPS) is 21.1. The van der Waals surface area contributed by atoms with E-state index in [9.17, 15) is 9.18 Å². The van der Waals surface area contributed by atoms with E-state index in [-0.39, 0.29) is 11.9 Å². The van der Waals surface area contributed by atoms with Crippen LogP contribution in [0.1, 0.15) is 11.1 Å². The Bertz CT molecular complexity index is 468. The maximum absolute atomic E-state index is 13.1. The third-order valence-corrected chi connectivity index (χ3v) is 2.72. The quantitative estimate of drug-likeness (QED) is 0.764. The third-order valence-electron chi connectivity index (χ3n) is 2.72. The average Bonchev–Trinajstić information content (AvgIpc) is 2.56. The molecular weight excluding hydrogens is 209 g/mol. The number of methoxy groups -OCH3 is 1. The number of amides is 1. The first-order valence-electron chi connectivity index (χ1n) is 4.94. The lowest BCUT2D eigenvalue weighted by Gasteiger charge is -2.09.